The molecule has 1 radical (unpaired) electrons. The zero-order chi connectivity index (χ0) is 13.5. The van der Waals surface area contributed by atoms with E-state index in [1.807, 2.05) is 0 Å². The summed E-state index contributed by atoms with van der Waals surface area (Å²) >= 11 is 0. The monoisotopic (exact) mass is 259 g/mol. The summed E-state index contributed by atoms with van der Waals surface area (Å²) in [5.74, 6) is 0. The second kappa shape index (κ2) is 3.89. The molecule has 1 rings (SSSR count). The number of rotatable bonds is 1. The highest BCUT2D eigenvalue weighted by Crippen LogP contribution is 2.53. The Kier molecular flexibility index (Phi) is 3.15. The molecule has 0 nitrogen and oxygen atoms in total. The third kappa shape index (κ3) is 2.23. The summed E-state index contributed by atoms with van der Waals surface area (Å²) in [5.41, 5.74) is -7.00. The Labute approximate surface area is 92.0 Å². The van der Waals surface area contributed by atoms with Crippen molar-refractivity contribution in [2.24, 2.45) is 0 Å². The van der Waals surface area contributed by atoms with Gasteiger partial charge in [-0.1, -0.05) is 18.2 Å². The van der Waals surface area contributed by atoms with Crippen molar-refractivity contribution in [3.63, 3.8) is 0 Å². The number of alkyl halides is 7. The van der Waals surface area contributed by atoms with Crippen LogP contribution in [0.4, 0.5) is 30.7 Å². The van der Waals surface area contributed by atoms with Gasteiger partial charge in [-0.2, -0.15) is 26.3 Å². The van der Waals surface area contributed by atoms with E-state index in [2.05, 4.69) is 0 Å². The minimum Gasteiger partial charge on any atom is -0.218 e. The van der Waals surface area contributed by atoms with Gasteiger partial charge in [0, 0.05) is 5.56 Å². The van der Waals surface area contributed by atoms with E-state index in [4.69, 9.17) is 0 Å². The van der Waals surface area contributed by atoms with E-state index in [0.29, 0.717) is 6.07 Å². The number of hydrogen-bond acceptors (Lipinski definition) is 0. The maximum Gasteiger partial charge on any atom is 0.435 e. The number of hydrogen-bond donors (Lipinski definition) is 0. The molecule has 0 amide bonds. The zero-order valence-electron chi connectivity index (χ0n) is 8.38. The van der Waals surface area contributed by atoms with E-state index >= 15 is 0 Å². The molecule has 0 bridgehead atoms. The highest BCUT2D eigenvalue weighted by Gasteiger charge is 2.73. The summed E-state index contributed by atoms with van der Waals surface area (Å²) in [6, 6.07) is 4.29. The van der Waals surface area contributed by atoms with Gasteiger partial charge < -0.3 is 0 Å². The van der Waals surface area contributed by atoms with Crippen molar-refractivity contribution in [3.8, 4) is 0 Å². The Hall–Kier alpha value is -1.27. The molecule has 0 aliphatic heterocycles. The van der Waals surface area contributed by atoms with Crippen molar-refractivity contribution in [3.05, 3.63) is 35.4 Å². The normalized spacial score (nSPS) is 13.9. The van der Waals surface area contributed by atoms with Crippen molar-refractivity contribution >= 4 is 0 Å². The molecule has 1 aromatic carbocycles. The van der Waals surface area contributed by atoms with E-state index in [-0.39, 0.29) is 5.56 Å². The fourth-order valence-corrected chi connectivity index (χ4v) is 1.25. The molecule has 0 fully saturated rings. The topological polar surface area (TPSA) is 0 Å². The summed E-state index contributed by atoms with van der Waals surface area (Å²) in [7, 11) is 0. The highest BCUT2D eigenvalue weighted by atomic mass is 19.4. The summed E-state index contributed by atoms with van der Waals surface area (Å²) < 4.78 is 87.3. The average Bonchev–Trinajstić information content (AvgIpc) is 2.12. The van der Waals surface area contributed by atoms with Crippen molar-refractivity contribution in [1.82, 2.24) is 0 Å². The van der Waals surface area contributed by atoms with Gasteiger partial charge in [0.15, 0.2) is 0 Å². The van der Waals surface area contributed by atoms with Crippen LogP contribution in [-0.2, 0) is 5.67 Å². The van der Waals surface area contributed by atoms with Gasteiger partial charge in [-0.25, -0.2) is 4.39 Å². The Bertz CT molecular complexity index is 388. The van der Waals surface area contributed by atoms with Gasteiger partial charge in [-0.15, -0.1) is 0 Å². The third-order valence-corrected chi connectivity index (χ3v) is 2.09. The largest absolute Gasteiger partial charge is 0.435 e. The Morgan fingerprint density at radius 1 is 0.882 bits per heavy atom. The standard InChI is InChI=1S/C10H6F7/c1-6-3-2-4-7(5-6)8(11,9(12,13)14)10(15,16)17/h2-4H,1H3. The van der Waals surface area contributed by atoms with Crippen LogP contribution in [0.25, 0.3) is 0 Å². The fourth-order valence-electron chi connectivity index (χ4n) is 1.25. The lowest BCUT2D eigenvalue weighted by Crippen LogP contribution is -2.50. The van der Waals surface area contributed by atoms with Gasteiger partial charge in [-0.05, 0) is 18.6 Å². The first kappa shape index (κ1) is 13.8. The molecule has 0 atom stereocenters. The smallest absolute Gasteiger partial charge is 0.218 e. The maximum absolute atomic E-state index is 13.4. The van der Waals surface area contributed by atoms with Gasteiger partial charge in [0.2, 0.25) is 0 Å². The molecule has 0 unspecified atom stereocenters. The number of benzene rings is 1. The average molecular weight is 259 g/mol. The summed E-state index contributed by atoms with van der Waals surface area (Å²) in [4.78, 5) is 0. The molecule has 0 saturated heterocycles. The molecule has 0 aliphatic carbocycles. The lowest BCUT2D eigenvalue weighted by Gasteiger charge is -2.30. The molecule has 17 heavy (non-hydrogen) atoms. The minimum absolute atomic E-state index is 0.0157. The van der Waals surface area contributed by atoms with Crippen molar-refractivity contribution in [2.75, 3.05) is 0 Å². The molecule has 1 aromatic rings. The van der Waals surface area contributed by atoms with Crippen LogP contribution in [0, 0.1) is 13.0 Å². The van der Waals surface area contributed by atoms with Gasteiger partial charge in [0.25, 0.3) is 0 Å². The van der Waals surface area contributed by atoms with Crippen molar-refractivity contribution in [1.29, 1.82) is 0 Å². The number of aryl methyl sites for hydroxylation is 1. The van der Waals surface area contributed by atoms with Crippen LogP contribution in [0.5, 0.6) is 0 Å². The van der Waals surface area contributed by atoms with E-state index in [1.54, 1.807) is 6.07 Å². The number of halogens is 7. The zero-order valence-corrected chi connectivity index (χ0v) is 8.38. The van der Waals surface area contributed by atoms with Crippen LogP contribution >= 0.6 is 0 Å². The molecule has 0 aliphatic rings. The van der Waals surface area contributed by atoms with Crippen LogP contribution in [0.1, 0.15) is 11.1 Å². The molecular weight excluding hydrogens is 253 g/mol. The predicted molar refractivity (Wildman–Crippen MR) is 44.9 cm³/mol. The SMILES string of the molecule is Cc1[c]c(C(F)(C(F)(F)F)C(F)(F)F)ccc1. The lowest BCUT2D eigenvalue weighted by molar-refractivity contribution is -0.348. The Balaban J connectivity index is 3.46. The first-order valence-electron chi connectivity index (χ1n) is 4.32. The second-order valence-corrected chi connectivity index (χ2v) is 3.40. The Morgan fingerprint density at radius 3 is 1.71 bits per heavy atom. The quantitative estimate of drug-likeness (QED) is 0.666. The first-order valence-corrected chi connectivity index (χ1v) is 4.32. The predicted octanol–water partition coefficient (Wildman–Crippen LogP) is 4.08. The summed E-state index contributed by atoms with van der Waals surface area (Å²) in [5, 5.41) is 0. The van der Waals surface area contributed by atoms with Crippen LogP contribution < -0.4 is 0 Å². The molecule has 0 aromatic heterocycles. The molecule has 95 valence electrons. The van der Waals surface area contributed by atoms with Crippen LogP contribution in [-0.4, -0.2) is 12.4 Å². The molecular formula is C10H6F7. The third-order valence-electron chi connectivity index (χ3n) is 2.09. The van der Waals surface area contributed by atoms with Gasteiger partial charge in [0.05, 0.1) is 0 Å². The molecule has 0 heterocycles. The highest BCUT2D eigenvalue weighted by molar-refractivity contribution is 5.29. The second-order valence-electron chi connectivity index (χ2n) is 3.40. The van der Waals surface area contributed by atoms with Gasteiger partial charge >= 0.3 is 18.0 Å². The van der Waals surface area contributed by atoms with E-state index < -0.39 is 23.6 Å². The van der Waals surface area contributed by atoms with Crippen molar-refractivity contribution < 1.29 is 30.7 Å². The molecule has 0 saturated carbocycles. The van der Waals surface area contributed by atoms with E-state index in [9.17, 15) is 30.7 Å². The lowest BCUT2D eigenvalue weighted by atomic mass is 9.93. The van der Waals surface area contributed by atoms with Crippen LogP contribution in [0.3, 0.4) is 0 Å². The van der Waals surface area contributed by atoms with Crippen molar-refractivity contribution in [2.45, 2.75) is 24.9 Å². The van der Waals surface area contributed by atoms with E-state index in [0.717, 1.165) is 6.07 Å². The molecule has 0 N–H and O–H groups in total. The Morgan fingerprint density at radius 2 is 1.35 bits per heavy atom. The van der Waals surface area contributed by atoms with Crippen LogP contribution in [0.2, 0.25) is 0 Å². The van der Waals surface area contributed by atoms with Gasteiger partial charge in [0.1, 0.15) is 0 Å². The summed E-state index contributed by atoms with van der Waals surface area (Å²) in [6.07, 6.45) is -12.2. The maximum atomic E-state index is 13.4. The van der Waals surface area contributed by atoms with Crippen LogP contribution in [0.15, 0.2) is 18.2 Å². The minimum atomic E-state index is -6.09. The molecule has 0 spiro atoms. The molecule has 7 heteroatoms. The van der Waals surface area contributed by atoms with Gasteiger partial charge in [-0.3, -0.25) is 0 Å². The first-order chi connectivity index (χ1) is 7.50. The van der Waals surface area contributed by atoms with E-state index in [1.165, 1.54) is 13.0 Å². The summed E-state index contributed by atoms with van der Waals surface area (Å²) in [6.45, 7) is 1.22. The fraction of sp³-hybridized carbons (Fsp3) is 0.400.